The molecule has 0 amide bonds. The van der Waals surface area contributed by atoms with Gasteiger partial charge < -0.3 is 5.32 Å². The van der Waals surface area contributed by atoms with Crippen molar-refractivity contribution in [3.05, 3.63) is 0 Å². The van der Waals surface area contributed by atoms with E-state index < -0.39 is 0 Å². The second kappa shape index (κ2) is 5.52. The lowest BCUT2D eigenvalue weighted by Crippen LogP contribution is -2.20. The van der Waals surface area contributed by atoms with Crippen LogP contribution < -0.4 is 5.32 Å². The fourth-order valence-corrected chi connectivity index (χ4v) is 1.24. The SMILES string of the molecule is Cl.N#CCCC1CCCN1. The first-order valence-electron chi connectivity index (χ1n) is 3.54. The molecule has 0 radical (unpaired) electrons. The highest BCUT2D eigenvalue weighted by atomic mass is 35.5. The minimum atomic E-state index is 0. The standard InChI is InChI=1S/C7H12N2.ClH/c8-5-1-3-7-4-2-6-9-7;/h7,9H,1-4,6H2;1H. The van der Waals surface area contributed by atoms with Crippen LogP contribution >= 0.6 is 12.4 Å². The van der Waals surface area contributed by atoms with E-state index in [4.69, 9.17) is 5.26 Å². The molecule has 1 aliphatic heterocycles. The average molecular weight is 161 g/mol. The molecule has 3 heteroatoms. The van der Waals surface area contributed by atoms with E-state index in [9.17, 15) is 0 Å². The number of hydrogen-bond donors (Lipinski definition) is 1. The predicted molar refractivity (Wildman–Crippen MR) is 43.1 cm³/mol. The third kappa shape index (κ3) is 3.05. The molecule has 0 aliphatic carbocycles. The lowest BCUT2D eigenvalue weighted by molar-refractivity contribution is 0.567. The van der Waals surface area contributed by atoms with E-state index in [0.29, 0.717) is 12.5 Å². The smallest absolute Gasteiger partial charge is 0.0622 e. The molecule has 1 saturated heterocycles. The lowest BCUT2D eigenvalue weighted by Gasteiger charge is -2.04. The summed E-state index contributed by atoms with van der Waals surface area (Å²) in [7, 11) is 0. The summed E-state index contributed by atoms with van der Waals surface area (Å²) in [6.45, 7) is 1.15. The zero-order valence-corrected chi connectivity index (χ0v) is 6.78. The maximum atomic E-state index is 8.25. The summed E-state index contributed by atoms with van der Waals surface area (Å²) in [6, 6.07) is 2.80. The molecule has 2 nitrogen and oxygen atoms in total. The normalized spacial score (nSPS) is 23.3. The van der Waals surface area contributed by atoms with E-state index in [0.717, 1.165) is 13.0 Å². The predicted octanol–water partition coefficient (Wildman–Crippen LogP) is 1.46. The summed E-state index contributed by atoms with van der Waals surface area (Å²) in [5, 5.41) is 11.6. The number of halogens is 1. The van der Waals surface area contributed by atoms with Crippen LogP contribution in [0.1, 0.15) is 25.7 Å². The van der Waals surface area contributed by atoms with Crippen molar-refractivity contribution in [1.29, 1.82) is 5.26 Å². The second-order valence-electron chi connectivity index (χ2n) is 2.49. The van der Waals surface area contributed by atoms with Gasteiger partial charge in [-0.3, -0.25) is 0 Å². The van der Waals surface area contributed by atoms with Gasteiger partial charge in [-0.25, -0.2) is 0 Å². The fraction of sp³-hybridized carbons (Fsp3) is 0.857. The number of hydrogen-bond acceptors (Lipinski definition) is 2. The Morgan fingerprint density at radius 2 is 2.40 bits per heavy atom. The molecule has 0 saturated carbocycles. The molecule has 58 valence electrons. The van der Waals surface area contributed by atoms with Crippen LogP contribution in [0.15, 0.2) is 0 Å². The maximum Gasteiger partial charge on any atom is 0.0622 e. The van der Waals surface area contributed by atoms with E-state index in [1.54, 1.807) is 0 Å². The van der Waals surface area contributed by atoms with Gasteiger partial charge in [0.2, 0.25) is 0 Å². The van der Waals surface area contributed by atoms with Gasteiger partial charge in [0.15, 0.2) is 0 Å². The van der Waals surface area contributed by atoms with Crippen molar-refractivity contribution < 1.29 is 0 Å². The molecule has 0 bridgehead atoms. The first kappa shape index (κ1) is 9.74. The van der Waals surface area contributed by atoms with E-state index >= 15 is 0 Å². The molecule has 1 unspecified atom stereocenters. The van der Waals surface area contributed by atoms with Gasteiger partial charge in [-0.2, -0.15) is 5.26 Å². The van der Waals surface area contributed by atoms with Crippen molar-refractivity contribution in [2.24, 2.45) is 0 Å². The van der Waals surface area contributed by atoms with Crippen molar-refractivity contribution in [1.82, 2.24) is 5.32 Å². The first-order chi connectivity index (χ1) is 4.43. The van der Waals surface area contributed by atoms with E-state index in [1.165, 1.54) is 12.8 Å². The summed E-state index contributed by atoms with van der Waals surface area (Å²) in [5.41, 5.74) is 0. The Bertz CT molecular complexity index is 113. The molecule has 1 fully saturated rings. The first-order valence-corrected chi connectivity index (χ1v) is 3.54. The van der Waals surface area contributed by atoms with Crippen molar-refractivity contribution in [3.63, 3.8) is 0 Å². The van der Waals surface area contributed by atoms with Gasteiger partial charge in [0.05, 0.1) is 6.07 Å². The van der Waals surface area contributed by atoms with Crippen molar-refractivity contribution in [3.8, 4) is 6.07 Å². The van der Waals surface area contributed by atoms with Gasteiger partial charge in [0.25, 0.3) is 0 Å². The van der Waals surface area contributed by atoms with Crippen LogP contribution in [0.2, 0.25) is 0 Å². The quantitative estimate of drug-likeness (QED) is 0.664. The molecule has 0 spiro atoms. The van der Waals surface area contributed by atoms with Crippen LogP contribution in [0.5, 0.6) is 0 Å². The molecule has 1 atom stereocenters. The van der Waals surface area contributed by atoms with Crippen LogP contribution in [0.3, 0.4) is 0 Å². The Labute approximate surface area is 68.0 Å². The van der Waals surface area contributed by atoms with Crippen LogP contribution in [-0.4, -0.2) is 12.6 Å². The average Bonchev–Trinajstić information content (AvgIpc) is 2.34. The van der Waals surface area contributed by atoms with Gasteiger partial charge in [0, 0.05) is 12.5 Å². The molecule has 0 aromatic heterocycles. The molecular formula is C7H13ClN2. The fourth-order valence-electron chi connectivity index (χ4n) is 1.24. The second-order valence-corrected chi connectivity index (χ2v) is 2.49. The van der Waals surface area contributed by atoms with Crippen LogP contribution in [0.4, 0.5) is 0 Å². The van der Waals surface area contributed by atoms with Crippen molar-refractivity contribution in [2.75, 3.05) is 6.54 Å². The summed E-state index contributed by atoms with van der Waals surface area (Å²) in [6.07, 6.45) is 4.30. The van der Waals surface area contributed by atoms with Crippen LogP contribution in [-0.2, 0) is 0 Å². The number of nitriles is 1. The Kier molecular flexibility index (Phi) is 5.38. The largest absolute Gasteiger partial charge is 0.314 e. The van der Waals surface area contributed by atoms with E-state index in [2.05, 4.69) is 11.4 Å². The minimum absolute atomic E-state index is 0. The topological polar surface area (TPSA) is 35.8 Å². The summed E-state index contributed by atoms with van der Waals surface area (Å²) >= 11 is 0. The Balaban J connectivity index is 0.000000810. The van der Waals surface area contributed by atoms with Crippen molar-refractivity contribution >= 4 is 12.4 Å². The molecule has 1 aliphatic rings. The molecule has 1 N–H and O–H groups in total. The third-order valence-electron chi connectivity index (χ3n) is 1.77. The zero-order chi connectivity index (χ0) is 6.53. The Hall–Kier alpha value is -0.260. The molecule has 0 aromatic carbocycles. The van der Waals surface area contributed by atoms with Gasteiger partial charge in [-0.05, 0) is 25.8 Å². The van der Waals surface area contributed by atoms with Crippen LogP contribution in [0, 0.1) is 11.3 Å². The summed E-state index contributed by atoms with van der Waals surface area (Å²) < 4.78 is 0. The number of nitrogens with zero attached hydrogens (tertiary/aromatic N) is 1. The summed E-state index contributed by atoms with van der Waals surface area (Å²) in [4.78, 5) is 0. The summed E-state index contributed by atoms with van der Waals surface area (Å²) in [5.74, 6) is 0. The van der Waals surface area contributed by atoms with Gasteiger partial charge in [-0.15, -0.1) is 12.4 Å². The van der Waals surface area contributed by atoms with Crippen molar-refractivity contribution in [2.45, 2.75) is 31.7 Å². The Morgan fingerprint density at radius 1 is 1.60 bits per heavy atom. The van der Waals surface area contributed by atoms with E-state index in [1.807, 2.05) is 0 Å². The lowest BCUT2D eigenvalue weighted by atomic mass is 10.1. The Morgan fingerprint density at radius 3 is 2.90 bits per heavy atom. The van der Waals surface area contributed by atoms with Crippen LogP contribution in [0.25, 0.3) is 0 Å². The molecular weight excluding hydrogens is 148 g/mol. The molecule has 0 aromatic rings. The molecule has 10 heavy (non-hydrogen) atoms. The van der Waals surface area contributed by atoms with E-state index in [-0.39, 0.29) is 12.4 Å². The minimum Gasteiger partial charge on any atom is -0.314 e. The highest BCUT2D eigenvalue weighted by molar-refractivity contribution is 5.85. The zero-order valence-electron chi connectivity index (χ0n) is 5.97. The highest BCUT2D eigenvalue weighted by Crippen LogP contribution is 2.09. The number of nitrogens with one attached hydrogen (secondary N) is 1. The molecule has 1 rings (SSSR count). The number of rotatable bonds is 2. The van der Waals surface area contributed by atoms with Gasteiger partial charge >= 0.3 is 0 Å². The van der Waals surface area contributed by atoms with Gasteiger partial charge in [0.1, 0.15) is 0 Å². The highest BCUT2D eigenvalue weighted by Gasteiger charge is 2.12. The maximum absolute atomic E-state index is 8.25. The monoisotopic (exact) mass is 160 g/mol. The van der Waals surface area contributed by atoms with Gasteiger partial charge in [-0.1, -0.05) is 0 Å². The molecule has 1 heterocycles. The third-order valence-corrected chi connectivity index (χ3v) is 1.77.